The van der Waals surface area contributed by atoms with Crippen LogP contribution in [0.3, 0.4) is 0 Å². The van der Waals surface area contributed by atoms with Crippen LogP contribution < -0.4 is 0 Å². The van der Waals surface area contributed by atoms with Crippen molar-refractivity contribution in [1.82, 2.24) is 9.80 Å². The minimum atomic E-state index is -0.961. The molecule has 7 heteroatoms. The average Bonchev–Trinajstić information content (AvgIpc) is 2.37. The highest BCUT2D eigenvalue weighted by Crippen LogP contribution is 2.18. The second-order valence-corrected chi connectivity index (χ2v) is 5.33. The first-order valence-electron chi connectivity index (χ1n) is 6.24. The van der Waals surface area contributed by atoms with Gasteiger partial charge in [0.15, 0.2) is 0 Å². The maximum Gasteiger partial charge on any atom is 0.320 e. The van der Waals surface area contributed by atoms with E-state index >= 15 is 0 Å². The Kier molecular flexibility index (Phi) is 5.13. The van der Waals surface area contributed by atoms with Gasteiger partial charge in [-0.3, -0.25) is 4.79 Å². The molecule has 1 unspecified atom stereocenters. The van der Waals surface area contributed by atoms with E-state index in [1.165, 1.54) is 9.80 Å². The molecule has 1 saturated heterocycles. The molecular weight excluding hydrogens is 252 g/mol. The van der Waals surface area contributed by atoms with E-state index in [0.717, 1.165) is 0 Å². The van der Waals surface area contributed by atoms with Gasteiger partial charge in [0.05, 0.1) is 37.8 Å². The molecule has 0 spiro atoms. The summed E-state index contributed by atoms with van der Waals surface area (Å²) in [5, 5.41) is 18.2. The third kappa shape index (κ3) is 3.81. The van der Waals surface area contributed by atoms with E-state index in [9.17, 15) is 14.7 Å². The van der Waals surface area contributed by atoms with Gasteiger partial charge in [-0.05, 0) is 13.8 Å². The molecular formula is C12H22N2O5. The molecule has 0 aromatic heterocycles. The molecule has 1 aliphatic rings. The topological polar surface area (TPSA) is 90.3 Å². The number of aliphatic hydroxyl groups excluding tert-OH is 1. The molecule has 19 heavy (non-hydrogen) atoms. The number of carboxylic acid groups (broad SMARTS) is 1. The number of carbonyl (C=O) groups excluding carboxylic acids is 1. The zero-order valence-corrected chi connectivity index (χ0v) is 11.6. The molecule has 0 radical (unpaired) electrons. The number of hydrogen-bond donors (Lipinski definition) is 2. The van der Waals surface area contributed by atoms with Crippen molar-refractivity contribution < 1.29 is 24.5 Å². The summed E-state index contributed by atoms with van der Waals surface area (Å²) in [7, 11) is 1.60. The molecule has 1 fully saturated rings. The fraction of sp³-hybridized carbons (Fsp3) is 0.833. The Hall–Kier alpha value is -1.34. The standard InChI is InChI=1S/C12H22N2O5/c1-12(2,8-15)13(3)11(18)14-4-5-19-7-9(14)6-10(16)17/h9,15H,4-8H2,1-3H3,(H,16,17). The van der Waals surface area contributed by atoms with Crippen molar-refractivity contribution in [3.8, 4) is 0 Å². The van der Waals surface area contributed by atoms with Crippen molar-refractivity contribution in [3.05, 3.63) is 0 Å². The summed E-state index contributed by atoms with van der Waals surface area (Å²) < 4.78 is 5.23. The number of hydrogen-bond acceptors (Lipinski definition) is 4. The molecule has 0 aliphatic carbocycles. The second-order valence-electron chi connectivity index (χ2n) is 5.33. The van der Waals surface area contributed by atoms with E-state index in [0.29, 0.717) is 13.2 Å². The van der Waals surface area contributed by atoms with Crippen LogP contribution in [0.4, 0.5) is 4.79 Å². The van der Waals surface area contributed by atoms with Gasteiger partial charge in [0.1, 0.15) is 0 Å². The summed E-state index contributed by atoms with van der Waals surface area (Å²) in [4.78, 5) is 26.1. The highest BCUT2D eigenvalue weighted by Gasteiger charge is 2.35. The molecule has 0 aromatic rings. The number of carbonyl (C=O) groups is 2. The lowest BCUT2D eigenvalue weighted by atomic mass is 10.1. The normalized spacial score (nSPS) is 20.2. The predicted molar refractivity (Wildman–Crippen MR) is 67.9 cm³/mol. The van der Waals surface area contributed by atoms with Gasteiger partial charge in [-0.1, -0.05) is 0 Å². The zero-order chi connectivity index (χ0) is 14.6. The van der Waals surface area contributed by atoms with E-state index in [1.54, 1.807) is 20.9 Å². The first-order valence-corrected chi connectivity index (χ1v) is 6.24. The van der Waals surface area contributed by atoms with Gasteiger partial charge in [-0.2, -0.15) is 0 Å². The number of morpholine rings is 1. The maximum absolute atomic E-state index is 12.4. The highest BCUT2D eigenvalue weighted by atomic mass is 16.5. The van der Waals surface area contributed by atoms with Gasteiger partial charge in [0.25, 0.3) is 0 Å². The molecule has 0 bridgehead atoms. The number of aliphatic hydroxyl groups is 1. The van der Waals surface area contributed by atoms with Gasteiger partial charge < -0.3 is 24.7 Å². The van der Waals surface area contributed by atoms with Gasteiger partial charge in [-0.25, -0.2) is 4.79 Å². The van der Waals surface area contributed by atoms with Crippen LogP contribution in [-0.2, 0) is 9.53 Å². The molecule has 1 aliphatic heterocycles. The summed E-state index contributed by atoms with van der Waals surface area (Å²) in [6, 6.07) is -0.746. The van der Waals surface area contributed by atoms with Crippen LogP contribution >= 0.6 is 0 Å². The zero-order valence-electron chi connectivity index (χ0n) is 11.6. The molecule has 1 heterocycles. The number of aliphatic carboxylic acids is 1. The number of carboxylic acids is 1. The van der Waals surface area contributed by atoms with Gasteiger partial charge in [0.2, 0.25) is 0 Å². The summed E-state index contributed by atoms with van der Waals surface area (Å²) in [6.07, 6.45) is -0.140. The molecule has 110 valence electrons. The lowest BCUT2D eigenvalue weighted by Gasteiger charge is -2.42. The molecule has 7 nitrogen and oxygen atoms in total. The summed E-state index contributed by atoms with van der Waals surface area (Å²) in [6.45, 7) is 4.32. The number of amides is 2. The lowest BCUT2D eigenvalue weighted by molar-refractivity contribution is -0.139. The second kappa shape index (κ2) is 6.21. The Morgan fingerprint density at radius 1 is 1.47 bits per heavy atom. The van der Waals surface area contributed by atoms with E-state index in [4.69, 9.17) is 9.84 Å². The predicted octanol–water partition coefficient (Wildman–Crippen LogP) is -0.0154. The van der Waals surface area contributed by atoms with Crippen LogP contribution in [-0.4, -0.2) is 77.0 Å². The highest BCUT2D eigenvalue weighted by molar-refractivity contribution is 5.76. The van der Waals surface area contributed by atoms with Crippen LogP contribution in [0.15, 0.2) is 0 Å². The van der Waals surface area contributed by atoms with Crippen LogP contribution in [0.25, 0.3) is 0 Å². The molecule has 2 N–H and O–H groups in total. The molecule has 1 atom stereocenters. The van der Waals surface area contributed by atoms with E-state index in [2.05, 4.69) is 0 Å². The van der Waals surface area contributed by atoms with Crippen LogP contribution in [0.2, 0.25) is 0 Å². The Morgan fingerprint density at radius 3 is 2.63 bits per heavy atom. The lowest BCUT2D eigenvalue weighted by Crippen LogP contribution is -2.58. The molecule has 0 saturated carbocycles. The van der Waals surface area contributed by atoms with Gasteiger partial charge in [-0.15, -0.1) is 0 Å². The van der Waals surface area contributed by atoms with Crippen LogP contribution in [0.1, 0.15) is 20.3 Å². The summed E-state index contributed by atoms with van der Waals surface area (Å²) >= 11 is 0. The number of ether oxygens (including phenoxy) is 1. The molecule has 2 amide bonds. The number of rotatable bonds is 4. The Balaban J connectivity index is 2.79. The molecule has 1 rings (SSSR count). The van der Waals surface area contributed by atoms with Gasteiger partial charge in [0, 0.05) is 13.6 Å². The third-order valence-corrected chi connectivity index (χ3v) is 3.47. The number of nitrogens with zero attached hydrogens (tertiary/aromatic N) is 2. The Morgan fingerprint density at radius 2 is 2.11 bits per heavy atom. The fourth-order valence-corrected chi connectivity index (χ4v) is 1.83. The van der Waals surface area contributed by atoms with Crippen molar-refractivity contribution in [2.45, 2.75) is 31.8 Å². The average molecular weight is 274 g/mol. The maximum atomic E-state index is 12.4. The monoisotopic (exact) mass is 274 g/mol. The van der Waals surface area contributed by atoms with E-state index < -0.39 is 17.6 Å². The smallest absolute Gasteiger partial charge is 0.320 e. The third-order valence-electron chi connectivity index (χ3n) is 3.47. The van der Waals surface area contributed by atoms with Gasteiger partial charge >= 0.3 is 12.0 Å². The van der Waals surface area contributed by atoms with Crippen LogP contribution in [0.5, 0.6) is 0 Å². The fourth-order valence-electron chi connectivity index (χ4n) is 1.83. The first-order chi connectivity index (χ1) is 8.79. The SMILES string of the molecule is CN(C(=O)N1CCOCC1CC(=O)O)C(C)(C)CO. The van der Waals surface area contributed by atoms with Crippen molar-refractivity contribution >= 4 is 12.0 Å². The quantitative estimate of drug-likeness (QED) is 0.752. The van der Waals surface area contributed by atoms with E-state index in [1.807, 2.05) is 0 Å². The van der Waals surface area contributed by atoms with Crippen molar-refractivity contribution in [2.24, 2.45) is 0 Å². The summed E-state index contributed by atoms with van der Waals surface area (Å²) in [5.41, 5.74) is -0.691. The Labute approximate surface area is 112 Å². The van der Waals surface area contributed by atoms with E-state index in [-0.39, 0.29) is 25.7 Å². The number of urea groups is 1. The summed E-state index contributed by atoms with van der Waals surface area (Å²) in [5.74, 6) is -0.961. The van der Waals surface area contributed by atoms with Crippen molar-refractivity contribution in [2.75, 3.05) is 33.4 Å². The first kappa shape index (κ1) is 15.7. The largest absolute Gasteiger partial charge is 0.481 e. The Bertz CT molecular complexity index is 345. The van der Waals surface area contributed by atoms with Crippen molar-refractivity contribution in [3.63, 3.8) is 0 Å². The molecule has 0 aromatic carbocycles. The van der Waals surface area contributed by atoms with Crippen molar-refractivity contribution in [1.29, 1.82) is 0 Å². The minimum absolute atomic E-state index is 0.140. The van der Waals surface area contributed by atoms with Crippen LogP contribution in [0, 0.1) is 0 Å². The number of likely N-dealkylation sites (N-methyl/N-ethyl adjacent to an activating group) is 1. The minimum Gasteiger partial charge on any atom is -0.481 e.